The highest BCUT2D eigenvalue weighted by molar-refractivity contribution is 5.94. The maximum absolute atomic E-state index is 12.1. The largest absolute Gasteiger partial charge is 0.494 e. The highest BCUT2D eigenvalue weighted by atomic mass is 35.5. The van der Waals surface area contributed by atoms with Gasteiger partial charge in [-0.15, -0.1) is 12.4 Å². The fraction of sp³-hybridized carbons (Fsp3) is 0.316. The Balaban J connectivity index is 0.00000243. The van der Waals surface area contributed by atoms with Crippen LogP contribution in [0.4, 0.5) is 5.69 Å². The van der Waals surface area contributed by atoms with Crippen molar-refractivity contribution in [2.75, 3.05) is 31.6 Å². The molecule has 0 radical (unpaired) electrons. The second kappa shape index (κ2) is 10.0. The standard InChI is InChI=1S/C19H22N2O4.ClH/c1-2-23-15-7-9-17(10-8-15)25-16-5-3-14(4-6-16)21-19(22)18-13-20-11-12-24-18;/h3-10,18,20H,2,11-13H2,1H3,(H,21,22);1H. The van der Waals surface area contributed by atoms with E-state index in [2.05, 4.69) is 10.6 Å². The quantitative estimate of drug-likeness (QED) is 0.807. The Labute approximate surface area is 159 Å². The Morgan fingerprint density at radius 2 is 1.73 bits per heavy atom. The Kier molecular flexibility index (Phi) is 7.72. The van der Waals surface area contributed by atoms with E-state index in [-0.39, 0.29) is 18.3 Å². The Morgan fingerprint density at radius 1 is 1.12 bits per heavy atom. The van der Waals surface area contributed by atoms with Gasteiger partial charge in [-0.3, -0.25) is 4.79 Å². The molecule has 6 nitrogen and oxygen atoms in total. The van der Waals surface area contributed by atoms with Gasteiger partial charge in [0, 0.05) is 18.8 Å². The van der Waals surface area contributed by atoms with E-state index >= 15 is 0 Å². The van der Waals surface area contributed by atoms with Crippen LogP contribution in [0.25, 0.3) is 0 Å². The first-order chi connectivity index (χ1) is 12.2. The maximum atomic E-state index is 12.1. The number of hydrogen-bond donors (Lipinski definition) is 2. The van der Waals surface area contributed by atoms with E-state index in [0.717, 1.165) is 18.0 Å². The molecule has 1 atom stereocenters. The molecule has 2 N–H and O–H groups in total. The molecule has 7 heteroatoms. The summed E-state index contributed by atoms with van der Waals surface area (Å²) in [5.41, 5.74) is 0.707. The second-order valence-corrected chi connectivity index (χ2v) is 5.58. The average Bonchev–Trinajstić information content (AvgIpc) is 2.66. The lowest BCUT2D eigenvalue weighted by molar-refractivity contribution is -0.128. The van der Waals surface area contributed by atoms with Crippen LogP contribution in [0.3, 0.4) is 0 Å². The van der Waals surface area contributed by atoms with Gasteiger partial charge in [0.2, 0.25) is 0 Å². The van der Waals surface area contributed by atoms with Crippen molar-refractivity contribution in [2.24, 2.45) is 0 Å². The lowest BCUT2D eigenvalue weighted by Crippen LogP contribution is -2.45. The van der Waals surface area contributed by atoms with Gasteiger partial charge in [0.25, 0.3) is 5.91 Å². The van der Waals surface area contributed by atoms with Crippen LogP contribution in [0.2, 0.25) is 0 Å². The number of amides is 1. The zero-order valence-electron chi connectivity index (χ0n) is 14.6. The van der Waals surface area contributed by atoms with Gasteiger partial charge in [-0.2, -0.15) is 0 Å². The van der Waals surface area contributed by atoms with Gasteiger partial charge in [0.1, 0.15) is 23.4 Å². The summed E-state index contributed by atoms with van der Waals surface area (Å²) in [7, 11) is 0. The van der Waals surface area contributed by atoms with Crippen LogP contribution in [0.15, 0.2) is 48.5 Å². The first-order valence-corrected chi connectivity index (χ1v) is 8.38. The van der Waals surface area contributed by atoms with E-state index in [9.17, 15) is 4.79 Å². The topological polar surface area (TPSA) is 68.8 Å². The van der Waals surface area contributed by atoms with Crippen LogP contribution in [0, 0.1) is 0 Å². The molecule has 0 saturated carbocycles. The molecule has 2 aromatic carbocycles. The summed E-state index contributed by atoms with van der Waals surface area (Å²) < 4.78 is 16.6. The van der Waals surface area contributed by atoms with Crippen molar-refractivity contribution in [3.05, 3.63) is 48.5 Å². The van der Waals surface area contributed by atoms with Gasteiger partial charge < -0.3 is 24.8 Å². The minimum atomic E-state index is -0.450. The zero-order chi connectivity index (χ0) is 17.5. The lowest BCUT2D eigenvalue weighted by atomic mass is 10.2. The predicted octanol–water partition coefficient (Wildman–Crippen LogP) is 3.23. The van der Waals surface area contributed by atoms with E-state index in [4.69, 9.17) is 14.2 Å². The SMILES string of the molecule is CCOc1ccc(Oc2ccc(NC(=O)C3CNCCO3)cc2)cc1.Cl. The fourth-order valence-corrected chi connectivity index (χ4v) is 2.47. The minimum absolute atomic E-state index is 0. The Bertz CT molecular complexity index is 686. The second-order valence-electron chi connectivity index (χ2n) is 5.58. The molecule has 0 aromatic heterocycles. The average molecular weight is 379 g/mol. The van der Waals surface area contributed by atoms with Gasteiger partial charge >= 0.3 is 0 Å². The fourth-order valence-electron chi connectivity index (χ4n) is 2.47. The van der Waals surface area contributed by atoms with Crippen LogP contribution >= 0.6 is 12.4 Å². The highest BCUT2D eigenvalue weighted by Crippen LogP contribution is 2.25. The Hall–Kier alpha value is -2.28. The van der Waals surface area contributed by atoms with Gasteiger partial charge in [-0.1, -0.05) is 0 Å². The third-order valence-electron chi connectivity index (χ3n) is 3.71. The number of rotatable bonds is 6. The number of carbonyl (C=O) groups is 1. The molecule has 1 heterocycles. The highest BCUT2D eigenvalue weighted by Gasteiger charge is 2.21. The molecule has 1 amide bonds. The molecule has 0 bridgehead atoms. The van der Waals surface area contributed by atoms with Crippen molar-refractivity contribution >= 4 is 24.0 Å². The molecule has 1 saturated heterocycles. The molecule has 0 spiro atoms. The first kappa shape index (κ1) is 20.0. The molecule has 0 aliphatic carbocycles. The van der Waals surface area contributed by atoms with E-state index in [1.165, 1.54) is 0 Å². The van der Waals surface area contributed by atoms with Crippen molar-refractivity contribution in [1.82, 2.24) is 5.32 Å². The number of ether oxygens (including phenoxy) is 3. The van der Waals surface area contributed by atoms with Crippen LogP contribution in [-0.2, 0) is 9.53 Å². The van der Waals surface area contributed by atoms with Crippen molar-refractivity contribution in [3.63, 3.8) is 0 Å². The zero-order valence-corrected chi connectivity index (χ0v) is 15.4. The lowest BCUT2D eigenvalue weighted by Gasteiger charge is -2.22. The molecule has 1 aliphatic heterocycles. The maximum Gasteiger partial charge on any atom is 0.254 e. The third kappa shape index (κ3) is 5.62. The van der Waals surface area contributed by atoms with E-state index < -0.39 is 6.10 Å². The van der Waals surface area contributed by atoms with Crippen molar-refractivity contribution < 1.29 is 19.0 Å². The number of carbonyl (C=O) groups excluding carboxylic acids is 1. The van der Waals surface area contributed by atoms with Crippen LogP contribution < -0.4 is 20.1 Å². The predicted molar refractivity (Wildman–Crippen MR) is 103 cm³/mol. The van der Waals surface area contributed by atoms with E-state index in [1.807, 2.05) is 43.3 Å². The number of anilines is 1. The summed E-state index contributed by atoms with van der Waals surface area (Å²) in [5.74, 6) is 2.08. The Morgan fingerprint density at radius 3 is 2.31 bits per heavy atom. The summed E-state index contributed by atoms with van der Waals surface area (Å²) in [6.07, 6.45) is -0.450. The smallest absolute Gasteiger partial charge is 0.254 e. The number of benzene rings is 2. The van der Waals surface area contributed by atoms with Crippen molar-refractivity contribution in [1.29, 1.82) is 0 Å². The molecule has 1 fully saturated rings. The van der Waals surface area contributed by atoms with Gasteiger partial charge in [-0.25, -0.2) is 0 Å². The first-order valence-electron chi connectivity index (χ1n) is 8.38. The van der Waals surface area contributed by atoms with Crippen LogP contribution in [0.1, 0.15) is 6.92 Å². The molecule has 1 aliphatic rings. The van der Waals surface area contributed by atoms with Gasteiger partial charge in [0.15, 0.2) is 0 Å². The summed E-state index contributed by atoms with van der Waals surface area (Å²) in [6, 6.07) is 14.7. The molecular weight excluding hydrogens is 356 g/mol. The van der Waals surface area contributed by atoms with Gasteiger partial charge in [-0.05, 0) is 55.5 Å². The summed E-state index contributed by atoms with van der Waals surface area (Å²) in [6.45, 7) is 4.44. The van der Waals surface area contributed by atoms with Crippen LogP contribution in [-0.4, -0.2) is 38.3 Å². The van der Waals surface area contributed by atoms with Crippen LogP contribution in [0.5, 0.6) is 17.2 Å². The van der Waals surface area contributed by atoms with Gasteiger partial charge in [0.05, 0.1) is 13.2 Å². The normalized spacial score (nSPS) is 16.3. The summed E-state index contributed by atoms with van der Waals surface area (Å²) >= 11 is 0. The molecule has 1 unspecified atom stereocenters. The number of nitrogens with one attached hydrogen (secondary N) is 2. The van der Waals surface area contributed by atoms with E-state index in [0.29, 0.717) is 31.2 Å². The summed E-state index contributed by atoms with van der Waals surface area (Å²) in [4.78, 5) is 12.1. The molecular formula is C19H23ClN2O4. The third-order valence-corrected chi connectivity index (χ3v) is 3.71. The number of hydrogen-bond acceptors (Lipinski definition) is 5. The monoisotopic (exact) mass is 378 g/mol. The number of morpholine rings is 1. The van der Waals surface area contributed by atoms with Crippen molar-refractivity contribution in [3.8, 4) is 17.2 Å². The van der Waals surface area contributed by atoms with Crippen molar-refractivity contribution in [2.45, 2.75) is 13.0 Å². The molecule has 3 rings (SSSR count). The molecule has 140 valence electrons. The molecule has 2 aromatic rings. The number of halogens is 1. The van der Waals surface area contributed by atoms with E-state index in [1.54, 1.807) is 12.1 Å². The summed E-state index contributed by atoms with van der Waals surface area (Å²) in [5, 5.41) is 5.98. The molecule has 26 heavy (non-hydrogen) atoms. The minimum Gasteiger partial charge on any atom is -0.494 e.